The van der Waals surface area contributed by atoms with Crippen molar-refractivity contribution < 1.29 is 33.0 Å². The number of hydrogen-bond acceptors (Lipinski definition) is 7. The highest BCUT2D eigenvalue weighted by atomic mass is 32.2. The summed E-state index contributed by atoms with van der Waals surface area (Å²) in [7, 11) is 0. The van der Waals surface area contributed by atoms with E-state index in [1.165, 1.54) is 23.3 Å². The van der Waals surface area contributed by atoms with Gasteiger partial charge in [-0.1, -0.05) is 20.8 Å². The largest absolute Gasteiger partial charge is 0.490 e. The Hall–Kier alpha value is -1.56. The van der Waals surface area contributed by atoms with Crippen LogP contribution in [0.5, 0.6) is 0 Å². The summed E-state index contributed by atoms with van der Waals surface area (Å²) >= 11 is 2.83. The van der Waals surface area contributed by atoms with Crippen molar-refractivity contribution >= 4 is 40.4 Å². The van der Waals surface area contributed by atoms with Crippen LogP contribution in [0.4, 0.5) is 18.3 Å². The lowest BCUT2D eigenvalue weighted by molar-refractivity contribution is -0.192. The molecule has 0 amide bonds. The first-order valence-corrected chi connectivity index (χ1v) is 8.88. The van der Waals surface area contributed by atoms with E-state index in [-0.39, 0.29) is 16.7 Å². The van der Waals surface area contributed by atoms with E-state index < -0.39 is 18.1 Å². The van der Waals surface area contributed by atoms with Gasteiger partial charge >= 0.3 is 18.1 Å². The zero-order chi connectivity index (χ0) is 19.4. The molecule has 0 unspecified atom stereocenters. The minimum Gasteiger partial charge on any atom is -0.480 e. The van der Waals surface area contributed by atoms with Crippen molar-refractivity contribution in [2.45, 2.75) is 50.1 Å². The van der Waals surface area contributed by atoms with Crippen molar-refractivity contribution in [3.8, 4) is 0 Å². The number of carboxylic acid groups (broad SMARTS) is 2. The normalized spacial score (nSPS) is 20.6. The van der Waals surface area contributed by atoms with Gasteiger partial charge in [0.05, 0.1) is 0 Å². The summed E-state index contributed by atoms with van der Waals surface area (Å²) in [5.74, 6) is -1.85. The molecule has 1 aromatic rings. The Morgan fingerprint density at radius 3 is 2.16 bits per heavy atom. The molecule has 0 spiro atoms. The van der Waals surface area contributed by atoms with E-state index in [4.69, 9.17) is 15.0 Å². The second-order valence-corrected chi connectivity index (χ2v) is 8.20. The van der Waals surface area contributed by atoms with Crippen molar-refractivity contribution in [1.82, 2.24) is 9.36 Å². The van der Waals surface area contributed by atoms with E-state index in [1.807, 2.05) is 0 Å². The molecular formula is C13H18F3N3O4S2. The van der Waals surface area contributed by atoms with Crippen molar-refractivity contribution in [1.29, 1.82) is 0 Å². The highest BCUT2D eigenvalue weighted by molar-refractivity contribution is 8.00. The lowest BCUT2D eigenvalue weighted by atomic mass is 9.96. The topological polar surface area (TPSA) is 112 Å². The summed E-state index contributed by atoms with van der Waals surface area (Å²) in [6, 6.07) is 0.178. The average Bonchev–Trinajstić information content (AvgIpc) is 3.07. The molecule has 3 N–H and O–H groups in total. The lowest BCUT2D eigenvalue weighted by Gasteiger charge is -2.13. The Bertz CT molecular complexity index is 616. The summed E-state index contributed by atoms with van der Waals surface area (Å²) in [5.41, 5.74) is -0.0511. The van der Waals surface area contributed by atoms with Gasteiger partial charge in [-0.25, -0.2) is 9.78 Å². The summed E-state index contributed by atoms with van der Waals surface area (Å²) < 4.78 is 36.1. The van der Waals surface area contributed by atoms with Crippen LogP contribution < -0.4 is 5.32 Å². The second-order valence-electron chi connectivity index (χ2n) is 6.21. The van der Waals surface area contributed by atoms with Gasteiger partial charge in [0, 0.05) is 28.7 Å². The maximum absolute atomic E-state index is 10.9. The molecule has 1 saturated heterocycles. The number of aromatic nitrogens is 2. The fourth-order valence-corrected chi connectivity index (χ4v) is 3.69. The number of anilines is 1. The van der Waals surface area contributed by atoms with Crippen molar-refractivity contribution in [3.05, 3.63) is 5.82 Å². The number of halogens is 3. The summed E-state index contributed by atoms with van der Waals surface area (Å²) in [6.45, 7) is 6.22. The summed E-state index contributed by atoms with van der Waals surface area (Å²) in [6.07, 6.45) is -4.44. The highest BCUT2D eigenvalue weighted by Crippen LogP contribution is 2.30. The van der Waals surface area contributed by atoms with Crippen LogP contribution in [0.1, 0.15) is 33.0 Å². The van der Waals surface area contributed by atoms with E-state index in [2.05, 4.69) is 35.4 Å². The van der Waals surface area contributed by atoms with Gasteiger partial charge in [-0.2, -0.15) is 17.5 Å². The van der Waals surface area contributed by atoms with Gasteiger partial charge in [-0.3, -0.25) is 4.79 Å². The molecule has 7 nitrogen and oxygen atoms in total. The molecular weight excluding hydrogens is 383 g/mol. The maximum atomic E-state index is 10.9. The summed E-state index contributed by atoms with van der Waals surface area (Å²) in [4.78, 5) is 24.2. The van der Waals surface area contributed by atoms with Gasteiger partial charge in [0.15, 0.2) is 0 Å². The van der Waals surface area contributed by atoms with Crippen molar-refractivity contribution in [3.63, 3.8) is 0 Å². The first-order valence-electron chi connectivity index (χ1n) is 7.06. The number of rotatable bonds is 3. The van der Waals surface area contributed by atoms with E-state index in [0.717, 1.165) is 16.7 Å². The molecule has 1 aliphatic heterocycles. The number of alkyl halides is 3. The SMILES string of the molecule is CC(C)(C)c1nsc(N[C@@H]2CS[C@H](C(=O)O)C2)n1.O=C(O)C(F)(F)F. The van der Waals surface area contributed by atoms with Crippen LogP contribution >= 0.6 is 23.3 Å². The third kappa shape index (κ3) is 7.06. The monoisotopic (exact) mass is 401 g/mol. The molecule has 142 valence electrons. The zero-order valence-electron chi connectivity index (χ0n) is 13.6. The zero-order valence-corrected chi connectivity index (χ0v) is 15.3. The van der Waals surface area contributed by atoms with Crippen LogP contribution in [-0.2, 0) is 15.0 Å². The Morgan fingerprint density at radius 1 is 1.24 bits per heavy atom. The Kier molecular flexibility index (Phi) is 7.06. The van der Waals surface area contributed by atoms with Gasteiger partial charge in [-0.15, -0.1) is 11.8 Å². The minimum atomic E-state index is -5.08. The van der Waals surface area contributed by atoms with Crippen molar-refractivity contribution in [2.75, 3.05) is 11.1 Å². The Labute approximate surface area is 150 Å². The molecule has 0 aromatic carbocycles. The molecule has 0 aliphatic carbocycles. The third-order valence-corrected chi connectivity index (χ3v) is 4.98. The second kappa shape index (κ2) is 8.21. The molecule has 0 bridgehead atoms. The molecule has 25 heavy (non-hydrogen) atoms. The molecule has 1 fully saturated rings. The predicted molar refractivity (Wildman–Crippen MR) is 88.2 cm³/mol. The first kappa shape index (κ1) is 21.5. The van der Waals surface area contributed by atoms with E-state index in [1.54, 1.807) is 0 Å². The van der Waals surface area contributed by atoms with Gasteiger partial charge in [0.25, 0.3) is 0 Å². The lowest BCUT2D eigenvalue weighted by Crippen LogP contribution is -2.22. The molecule has 2 heterocycles. The fraction of sp³-hybridized carbons (Fsp3) is 0.692. The van der Waals surface area contributed by atoms with Crippen LogP contribution in [0.15, 0.2) is 0 Å². The standard InChI is InChI=1S/C11H17N3O2S2.C2HF3O2/c1-11(2,3)9-13-10(18-14-9)12-6-4-7(8(15)16)17-5-6;3-2(4,5)1(6)7/h6-7H,4-5H2,1-3H3,(H,15,16)(H,12,13,14);(H,6,7)/t6-,7-;/m0./s1. The quantitative estimate of drug-likeness (QED) is 0.709. The number of hydrogen-bond donors (Lipinski definition) is 3. The highest BCUT2D eigenvalue weighted by Gasteiger charge is 2.38. The number of carbonyl (C=O) groups is 2. The van der Waals surface area contributed by atoms with E-state index >= 15 is 0 Å². The summed E-state index contributed by atoms with van der Waals surface area (Å²) in [5, 5.41) is 19.8. The smallest absolute Gasteiger partial charge is 0.480 e. The van der Waals surface area contributed by atoms with Gasteiger partial charge in [-0.05, 0) is 6.42 Å². The van der Waals surface area contributed by atoms with Gasteiger partial charge in [0.1, 0.15) is 11.1 Å². The Morgan fingerprint density at radius 2 is 1.80 bits per heavy atom. The minimum absolute atomic E-state index is 0.0511. The molecule has 0 radical (unpaired) electrons. The fourth-order valence-electron chi connectivity index (χ4n) is 1.66. The van der Waals surface area contributed by atoms with E-state index in [9.17, 15) is 18.0 Å². The number of nitrogens with one attached hydrogen (secondary N) is 1. The van der Waals surface area contributed by atoms with Crippen LogP contribution in [0, 0.1) is 0 Å². The number of thioether (sulfide) groups is 1. The molecule has 12 heteroatoms. The molecule has 0 saturated carbocycles. The molecule has 1 aromatic heterocycles. The van der Waals surface area contributed by atoms with Crippen LogP contribution in [-0.4, -0.2) is 54.7 Å². The van der Waals surface area contributed by atoms with Gasteiger partial charge in [0.2, 0.25) is 5.13 Å². The predicted octanol–water partition coefficient (Wildman–Crippen LogP) is 2.84. The molecule has 2 rings (SSSR count). The average molecular weight is 401 g/mol. The third-order valence-electron chi connectivity index (χ3n) is 2.94. The van der Waals surface area contributed by atoms with Crippen molar-refractivity contribution in [2.24, 2.45) is 0 Å². The number of aliphatic carboxylic acids is 2. The maximum Gasteiger partial charge on any atom is 0.490 e. The van der Waals surface area contributed by atoms with Crippen LogP contribution in [0.25, 0.3) is 0 Å². The van der Waals surface area contributed by atoms with Crippen LogP contribution in [0.3, 0.4) is 0 Å². The molecule has 1 aliphatic rings. The molecule has 2 atom stereocenters. The van der Waals surface area contributed by atoms with Crippen LogP contribution in [0.2, 0.25) is 0 Å². The Balaban J connectivity index is 0.000000381. The van der Waals surface area contributed by atoms with Gasteiger partial charge < -0.3 is 15.5 Å². The number of carboxylic acids is 2. The van der Waals surface area contributed by atoms with E-state index in [0.29, 0.717) is 6.42 Å². The number of nitrogens with zero attached hydrogens (tertiary/aromatic N) is 2. The first-order chi connectivity index (χ1) is 11.3.